The second-order valence-corrected chi connectivity index (χ2v) is 5.36. The summed E-state index contributed by atoms with van der Waals surface area (Å²) in [4.78, 5) is 12.1. The SMILES string of the molecule is COCc1ccc(C(=O)NCC2NCCc3ccccc32)o1. The molecule has 0 aliphatic carbocycles. The van der Waals surface area contributed by atoms with Crippen LogP contribution in [-0.2, 0) is 17.8 Å². The van der Waals surface area contributed by atoms with E-state index in [9.17, 15) is 4.79 Å². The van der Waals surface area contributed by atoms with E-state index in [1.807, 2.05) is 6.07 Å². The van der Waals surface area contributed by atoms with E-state index in [1.54, 1.807) is 19.2 Å². The molecule has 3 rings (SSSR count). The molecule has 1 aliphatic rings. The largest absolute Gasteiger partial charge is 0.453 e. The summed E-state index contributed by atoms with van der Waals surface area (Å²) in [7, 11) is 1.59. The predicted octanol–water partition coefficient (Wildman–Crippen LogP) is 2.04. The maximum Gasteiger partial charge on any atom is 0.287 e. The minimum absolute atomic E-state index is 0.141. The number of hydrogen-bond acceptors (Lipinski definition) is 4. The predicted molar refractivity (Wildman–Crippen MR) is 82.6 cm³/mol. The van der Waals surface area contributed by atoms with Crippen molar-refractivity contribution in [2.24, 2.45) is 0 Å². The van der Waals surface area contributed by atoms with Gasteiger partial charge in [-0.05, 0) is 36.2 Å². The molecule has 0 spiro atoms. The van der Waals surface area contributed by atoms with Crippen LogP contribution in [-0.4, -0.2) is 26.1 Å². The molecule has 1 aromatic heterocycles. The van der Waals surface area contributed by atoms with E-state index in [0.29, 0.717) is 24.7 Å². The molecule has 1 aromatic carbocycles. The van der Waals surface area contributed by atoms with Crippen LogP contribution in [0.25, 0.3) is 0 Å². The van der Waals surface area contributed by atoms with Crippen molar-refractivity contribution >= 4 is 5.91 Å². The van der Waals surface area contributed by atoms with E-state index < -0.39 is 0 Å². The summed E-state index contributed by atoms with van der Waals surface area (Å²) in [5.41, 5.74) is 2.61. The maximum absolute atomic E-state index is 12.1. The zero-order valence-electron chi connectivity index (χ0n) is 12.6. The fourth-order valence-electron chi connectivity index (χ4n) is 2.78. The lowest BCUT2D eigenvalue weighted by Crippen LogP contribution is -2.38. The molecular formula is C17H20N2O3. The summed E-state index contributed by atoms with van der Waals surface area (Å²) in [5, 5.41) is 6.37. The molecular weight excluding hydrogens is 280 g/mol. The molecule has 116 valence electrons. The lowest BCUT2D eigenvalue weighted by atomic mass is 9.94. The van der Waals surface area contributed by atoms with Gasteiger partial charge in [0.05, 0.1) is 0 Å². The number of furan rings is 1. The Morgan fingerprint density at radius 1 is 1.36 bits per heavy atom. The second kappa shape index (κ2) is 6.77. The standard InChI is InChI=1S/C17H20N2O3/c1-21-11-13-6-7-16(22-13)17(20)19-10-15-14-5-3-2-4-12(14)8-9-18-15/h2-7,15,18H,8-11H2,1H3,(H,19,20). The Bertz CT molecular complexity index is 651. The average molecular weight is 300 g/mol. The van der Waals surface area contributed by atoms with Crippen LogP contribution in [0.3, 0.4) is 0 Å². The van der Waals surface area contributed by atoms with Gasteiger partial charge in [-0.25, -0.2) is 0 Å². The van der Waals surface area contributed by atoms with Gasteiger partial charge in [0.2, 0.25) is 0 Å². The number of carbonyl (C=O) groups is 1. The van der Waals surface area contributed by atoms with Gasteiger partial charge < -0.3 is 19.8 Å². The van der Waals surface area contributed by atoms with E-state index in [4.69, 9.17) is 9.15 Å². The first-order valence-electron chi connectivity index (χ1n) is 7.45. The van der Waals surface area contributed by atoms with Gasteiger partial charge in [-0.15, -0.1) is 0 Å². The highest BCUT2D eigenvalue weighted by atomic mass is 16.5. The van der Waals surface area contributed by atoms with Gasteiger partial charge in [0, 0.05) is 19.7 Å². The lowest BCUT2D eigenvalue weighted by Gasteiger charge is -2.27. The van der Waals surface area contributed by atoms with Crippen LogP contribution >= 0.6 is 0 Å². The third-order valence-corrected chi connectivity index (χ3v) is 3.85. The number of nitrogens with one attached hydrogen (secondary N) is 2. The Morgan fingerprint density at radius 3 is 3.09 bits per heavy atom. The van der Waals surface area contributed by atoms with Crippen molar-refractivity contribution in [1.82, 2.24) is 10.6 Å². The molecule has 5 nitrogen and oxygen atoms in total. The first kappa shape index (κ1) is 14.8. The summed E-state index contributed by atoms with van der Waals surface area (Å²) in [6, 6.07) is 11.9. The molecule has 22 heavy (non-hydrogen) atoms. The Morgan fingerprint density at radius 2 is 2.23 bits per heavy atom. The fraction of sp³-hybridized carbons (Fsp3) is 0.353. The van der Waals surface area contributed by atoms with Crippen molar-refractivity contribution in [1.29, 1.82) is 0 Å². The third-order valence-electron chi connectivity index (χ3n) is 3.85. The fourth-order valence-corrected chi connectivity index (χ4v) is 2.78. The number of amides is 1. The van der Waals surface area contributed by atoms with Crippen molar-refractivity contribution < 1.29 is 13.9 Å². The quantitative estimate of drug-likeness (QED) is 0.887. The van der Waals surface area contributed by atoms with Gasteiger partial charge in [-0.3, -0.25) is 4.79 Å². The molecule has 0 saturated carbocycles. The Balaban J connectivity index is 1.61. The molecule has 1 atom stereocenters. The molecule has 0 saturated heterocycles. The van der Waals surface area contributed by atoms with E-state index in [-0.39, 0.29) is 11.9 Å². The third kappa shape index (κ3) is 3.21. The molecule has 5 heteroatoms. The highest BCUT2D eigenvalue weighted by Gasteiger charge is 2.20. The first-order valence-corrected chi connectivity index (χ1v) is 7.45. The van der Waals surface area contributed by atoms with Crippen molar-refractivity contribution in [3.8, 4) is 0 Å². The highest BCUT2D eigenvalue weighted by Crippen LogP contribution is 2.22. The topological polar surface area (TPSA) is 63.5 Å². The van der Waals surface area contributed by atoms with Crippen LogP contribution in [0.2, 0.25) is 0 Å². The van der Waals surface area contributed by atoms with E-state index >= 15 is 0 Å². The zero-order chi connectivity index (χ0) is 15.4. The number of methoxy groups -OCH3 is 1. The minimum Gasteiger partial charge on any atom is -0.453 e. The summed E-state index contributed by atoms with van der Waals surface area (Å²) in [6.07, 6.45) is 1.03. The van der Waals surface area contributed by atoms with Gasteiger partial charge in [-0.1, -0.05) is 24.3 Å². The molecule has 2 heterocycles. The second-order valence-electron chi connectivity index (χ2n) is 5.36. The first-order chi connectivity index (χ1) is 10.8. The minimum atomic E-state index is -0.202. The highest BCUT2D eigenvalue weighted by molar-refractivity contribution is 5.91. The van der Waals surface area contributed by atoms with Gasteiger partial charge >= 0.3 is 0 Å². The van der Waals surface area contributed by atoms with Gasteiger partial charge in [0.25, 0.3) is 5.91 Å². The van der Waals surface area contributed by atoms with Gasteiger partial charge in [0.15, 0.2) is 5.76 Å². The van der Waals surface area contributed by atoms with Gasteiger partial charge in [-0.2, -0.15) is 0 Å². The van der Waals surface area contributed by atoms with Crippen LogP contribution in [0.1, 0.15) is 33.5 Å². The number of fused-ring (bicyclic) bond motifs is 1. The van der Waals surface area contributed by atoms with Crippen molar-refractivity contribution in [2.75, 3.05) is 20.2 Å². The van der Waals surface area contributed by atoms with Crippen molar-refractivity contribution in [3.63, 3.8) is 0 Å². The average Bonchev–Trinajstić information content (AvgIpc) is 3.02. The lowest BCUT2D eigenvalue weighted by molar-refractivity contribution is 0.0912. The van der Waals surface area contributed by atoms with Crippen molar-refractivity contribution in [2.45, 2.75) is 19.1 Å². The Labute approximate surface area is 129 Å². The number of benzene rings is 1. The molecule has 0 fully saturated rings. The van der Waals surface area contributed by atoms with Crippen LogP contribution in [0.4, 0.5) is 0 Å². The normalized spacial score (nSPS) is 17.0. The molecule has 0 bridgehead atoms. The van der Waals surface area contributed by atoms with E-state index in [1.165, 1.54) is 11.1 Å². The summed E-state index contributed by atoms with van der Waals surface area (Å²) < 4.78 is 10.4. The number of ether oxygens (including phenoxy) is 1. The molecule has 2 N–H and O–H groups in total. The number of rotatable bonds is 5. The van der Waals surface area contributed by atoms with Crippen LogP contribution in [0, 0.1) is 0 Å². The maximum atomic E-state index is 12.1. The van der Waals surface area contributed by atoms with Crippen LogP contribution in [0.15, 0.2) is 40.8 Å². The van der Waals surface area contributed by atoms with Gasteiger partial charge in [0.1, 0.15) is 12.4 Å². The molecule has 1 unspecified atom stereocenters. The number of hydrogen-bond donors (Lipinski definition) is 2. The van der Waals surface area contributed by atoms with Crippen LogP contribution in [0.5, 0.6) is 0 Å². The zero-order valence-corrected chi connectivity index (χ0v) is 12.6. The van der Waals surface area contributed by atoms with Crippen LogP contribution < -0.4 is 10.6 Å². The van der Waals surface area contributed by atoms with E-state index in [0.717, 1.165) is 13.0 Å². The smallest absolute Gasteiger partial charge is 0.287 e. The summed E-state index contributed by atoms with van der Waals surface area (Å²) in [5.74, 6) is 0.761. The molecule has 0 radical (unpaired) electrons. The Hall–Kier alpha value is -2.11. The van der Waals surface area contributed by atoms with Crippen molar-refractivity contribution in [3.05, 3.63) is 59.0 Å². The number of carbonyl (C=O) groups excluding carboxylic acids is 1. The monoisotopic (exact) mass is 300 g/mol. The molecule has 1 amide bonds. The Kier molecular flexibility index (Phi) is 4.56. The molecule has 2 aromatic rings. The summed E-state index contributed by atoms with van der Waals surface area (Å²) >= 11 is 0. The van der Waals surface area contributed by atoms with E-state index in [2.05, 4.69) is 28.8 Å². The molecule has 1 aliphatic heterocycles. The summed E-state index contributed by atoms with van der Waals surface area (Å²) in [6.45, 7) is 1.83.